The maximum Gasteiger partial charge on any atom is 0.744 e. The summed E-state index contributed by atoms with van der Waals surface area (Å²) >= 11 is 0. The molecule has 2 aromatic heterocycles. The van der Waals surface area contributed by atoms with E-state index in [1.165, 1.54) is 0 Å². The first-order chi connectivity index (χ1) is 37.9. The van der Waals surface area contributed by atoms with Crippen LogP contribution in [0.15, 0.2) is 249 Å². The Hall–Kier alpha value is -9.14. The summed E-state index contributed by atoms with van der Waals surface area (Å²) in [6.45, 7) is 0. The Morgan fingerprint density at radius 1 is 0.529 bits per heavy atom. The van der Waals surface area contributed by atoms with Crippen LogP contribution in [0.4, 0.5) is 11.5 Å². The van der Waals surface area contributed by atoms with Crippen molar-refractivity contribution in [3.63, 3.8) is 0 Å². The van der Waals surface area contributed by atoms with Crippen LogP contribution in [0.25, 0.3) is 66.9 Å². The van der Waals surface area contributed by atoms with Crippen LogP contribution in [0.1, 0.15) is 13.7 Å². The van der Waals surface area contributed by atoms with Crippen molar-refractivity contribution in [2.24, 2.45) is 0 Å². The number of hydrogen-bond acceptors (Lipinski definition) is 5. The fourth-order valence-electron chi connectivity index (χ4n) is 8.64. The van der Waals surface area contributed by atoms with E-state index >= 15 is 0 Å². The van der Waals surface area contributed by atoms with Crippen molar-refractivity contribution in [3.05, 3.63) is 255 Å². The molecule has 8 heteroatoms. The Morgan fingerprint density at radius 2 is 1.07 bits per heavy atom. The number of nitrogens with zero attached hydrogens (tertiary/aromatic N) is 4. The van der Waals surface area contributed by atoms with Crippen molar-refractivity contribution in [2.45, 2.75) is 0 Å². The van der Waals surface area contributed by atoms with Crippen LogP contribution in [0.2, 0.25) is 0 Å². The van der Waals surface area contributed by atoms with Crippen molar-refractivity contribution in [1.82, 2.24) is 9.55 Å². The van der Waals surface area contributed by atoms with Crippen LogP contribution in [-0.2, 0) is 0 Å². The number of fused-ring (bicyclic) bond motifs is 6. The van der Waals surface area contributed by atoms with Crippen molar-refractivity contribution >= 4 is 29.8 Å². The van der Waals surface area contributed by atoms with Gasteiger partial charge in [0.25, 0.3) is 6.33 Å². The zero-order valence-electron chi connectivity index (χ0n) is 46.0. The van der Waals surface area contributed by atoms with Crippen LogP contribution in [-0.4, -0.2) is 16.8 Å². The highest BCUT2D eigenvalue weighted by molar-refractivity contribution is 6.54. The van der Waals surface area contributed by atoms with Gasteiger partial charge in [-0.3, -0.25) is 13.9 Å². The van der Waals surface area contributed by atoms with Gasteiger partial charge in [-0.15, -0.1) is 0 Å². The normalized spacial score (nSPS) is 13.8. The molecule has 0 spiro atoms. The Kier molecular flexibility index (Phi) is 8.04. The summed E-state index contributed by atoms with van der Waals surface area (Å²) in [6, 6.07) is 51.0. The standard InChI is InChI=1S/C60H41BN4O3/c1-3-20-43(21-4-1)49-32-19-33-50(44-22-5-2-6-23-44)60(49)64-42-63(55-34-11-12-35-56(55)64)45-24-17-26-47(40-45)66-48-27-18-25-46(41-48)65(59-38-15-16-39-62-59)61-67-57-36-13-9-30-53(57)51-28-7-8-29-52(51)54-31-10-14-37-58(54)68-61/h1-41H/i1D,2D,3D,4D,5D,6D,20D,21D,22D,23D. The van der Waals surface area contributed by atoms with Crippen molar-refractivity contribution < 1.29 is 32.3 Å². The van der Waals surface area contributed by atoms with Gasteiger partial charge in [0.05, 0.1) is 36.1 Å². The number of imidazole rings is 1. The van der Waals surface area contributed by atoms with Crippen LogP contribution in [0.5, 0.6) is 23.0 Å². The zero-order valence-corrected chi connectivity index (χ0v) is 36.0. The largest absolute Gasteiger partial charge is 0.744 e. The molecule has 322 valence electrons. The monoisotopic (exact) mass is 886 g/mol. The zero-order chi connectivity index (χ0) is 53.9. The molecule has 3 heterocycles. The second-order valence-electron chi connectivity index (χ2n) is 15.7. The molecule has 7 nitrogen and oxygen atoms in total. The average Bonchev–Trinajstić information content (AvgIpc) is 4.09. The fourth-order valence-corrected chi connectivity index (χ4v) is 8.64. The lowest BCUT2D eigenvalue weighted by atomic mass is 9.93. The number of rotatable bonds is 9. The number of hydrogen-bond donors (Lipinski definition) is 0. The van der Waals surface area contributed by atoms with Crippen molar-refractivity contribution in [1.29, 1.82) is 0 Å². The molecule has 0 N–H and O–H groups in total. The second kappa shape index (κ2) is 17.7. The van der Waals surface area contributed by atoms with Gasteiger partial charge in [0, 0.05) is 29.1 Å². The Bertz CT molecular complexity index is 3990. The van der Waals surface area contributed by atoms with Crippen LogP contribution >= 0.6 is 0 Å². The first kappa shape index (κ1) is 30.9. The summed E-state index contributed by atoms with van der Waals surface area (Å²) in [5, 5.41) is 0. The van der Waals surface area contributed by atoms with Crippen LogP contribution in [0.3, 0.4) is 0 Å². The summed E-state index contributed by atoms with van der Waals surface area (Å²) in [4.78, 5) is 6.65. The molecule has 68 heavy (non-hydrogen) atoms. The molecule has 0 unspecified atom stereocenters. The minimum atomic E-state index is -1.08. The van der Waals surface area contributed by atoms with Gasteiger partial charge in [0.1, 0.15) is 28.8 Å². The van der Waals surface area contributed by atoms with Crippen molar-refractivity contribution in [2.75, 3.05) is 4.81 Å². The third-order valence-electron chi connectivity index (χ3n) is 11.6. The molecule has 1 aliphatic heterocycles. The van der Waals surface area contributed by atoms with E-state index in [0.717, 1.165) is 22.3 Å². The Balaban J connectivity index is 0.971. The van der Waals surface area contributed by atoms with Gasteiger partial charge in [-0.05, 0) is 88.0 Å². The molecular formula is C60H41BN4O3. The number of ether oxygens (including phenoxy) is 1. The van der Waals surface area contributed by atoms with E-state index in [0.29, 0.717) is 51.2 Å². The number of pyridine rings is 1. The van der Waals surface area contributed by atoms with Gasteiger partial charge >= 0.3 is 7.25 Å². The predicted molar refractivity (Wildman–Crippen MR) is 272 cm³/mol. The minimum Gasteiger partial charge on any atom is -0.506 e. The first-order valence-electron chi connectivity index (χ1n) is 26.8. The van der Waals surface area contributed by atoms with Gasteiger partial charge in [-0.1, -0.05) is 182 Å². The van der Waals surface area contributed by atoms with Gasteiger partial charge in [-0.2, -0.15) is 0 Å². The predicted octanol–water partition coefficient (Wildman–Crippen LogP) is 14.2. The summed E-state index contributed by atoms with van der Waals surface area (Å²) in [5.41, 5.74) is 6.28. The highest BCUT2D eigenvalue weighted by atomic mass is 16.6. The number of aromatic nitrogens is 3. The Morgan fingerprint density at radius 3 is 1.72 bits per heavy atom. The van der Waals surface area contributed by atoms with Crippen LogP contribution < -0.4 is 23.4 Å². The maximum absolute atomic E-state index is 9.05. The van der Waals surface area contributed by atoms with Crippen LogP contribution in [0, 0.1) is 6.33 Å². The molecule has 0 saturated heterocycles. The molecule has 0 amide bonds. The highest BCUT2D eigenvalue weighted by Crippen LogP contribution is 2.44. The first-order valence-corrected chi connectivity index (χ1v) is 21.8. The van der Waals surface area contributed by atoms with Gasteiger partial charge in [0.2, 0.25) is 0 Å². The van der Waals surface area contributed by atoms with Gasteiger partial charge in [0.15, 0.2) is 0 Å². The molecule has 0 atom stereocenters. The number of anilines is 2. The van der Waals surface area contributed by atoms with Crippen molar-refractivity contribution in [3.8, 4) is 78.9 Å². The quantitative estimate of drug-likeness (QED) is 0.0821. The third kappa shape index (κ3) is 7.59. The lowest BCUT2D eigenvalue weighted by Crippen LogP contribution is -2.47. The molecule has 0 saturated carbocycles. The smallest absolute Gasteiger partial charge is 0.506 e. The van der Waals surface area contributed by atoms with E-state index in [1.54, 1.807) is 39.6 Å². The molecule has 12 rings (SSSR count). The average molecular weight is 887 g/mol. The van der Waals surface area contributed by atoms with Gasteiger partial charge < -0.3 is 14.0 Å². The fraction of sp³-hybridized carbons (Fsp3) is 0. The minimum absolute atomic E-state index is 0.140. The van der Waals surface area contributed by atoms with E-state index in [9.17, 15) is 0 Å². The summed E-state index contributed by atoms with van der Waals surface area (Å²) in [7, 11) is -1.08. The molecule has 0 radical (unpaired) electrons. The molecule has 0 aliphatic carbocycles. The van der Waals surface area contributed by atoms with E-state index in [2.05, 4.69) is 18.5 Å². The molecule has 11 aromatic rings. The molecule has 0 fully saturated rings. The van der Waals surface area contributed by atoms with E-state index < -0.39 is 67.7 Å². The summed E-state index contributed by atoms with van der Waals surface area (Å²) in [5.74, 6) is 2.66. The van der Waals surface area contributed by atoms with E-state index in [-0.39, 0.29) is 27.9 Å². The molecular weight excluding hydrogens is 835 g/mol. The SMILES string of the molecule is [2H]c1c([2H])c([2H])c(-c2cccc(-c3c([2H])c([2H])c([2H])c([2H])c3[2H])c2-[n+]2[c-]n(-c3cccc(Oc4cccc(N(B5Oc6ccccc6-c6ccccc6-c6ccccc6O5)c5ccccn5)c4)c3)c3ccccc32)c([2H])c1[2H]. The summed E-state index contributed by atoms with van der Waals surface area (Å²) < 4.78 is 111. The lowest BCUT2D eigenvalue weighted by Gasteiger charge is -2.29. The molecule has 9 aromatic carbocycles. The van der Waals surface area contributed by atoms with E-state index in [1.807, 2.05) is 150 Å². The highest BCUT2D eigenvalue weighted by Gasteiger charge is 2.39. The second-order valence-corrected chi connectivity index (χ2v) is 15.7. The van der Waals surface area contributed by atoms with E-state index in [4.69, 9.17) is 32.7 Å². The summed E-state index contributed by atoms with van der Waals surface area (Å²) in [6.07, 6.45) is 5.14. The molecule has 1 aliphatic rings. The lowest BCUT2D eigenvalue weighted by molar-refractivity contribution is -0.571. The third-order valence-corrected chi connectivity index (χ3v) is 11.6. The Labute approximate surface area is 409 Å². The van der Waals surface area contributed by atoms with Gasteiger partial charge in [-0.25, -0.2) is 4.98 Å². The molecule has 0 bridgehead atoms. The number of para-hydroxylation sites is 5. The topological polar surface area (TPSA) is 52.6 Å². The number of benzene rings is 9. The maximum atomic E-state index is 9.05.